The first-order valence-corrected chi connectivity index (χ1v) is 8.18. The maximum Gasteiger partial charge on any atom is 0.329 e. The van der Waals surface area contributed by atoms with Gasteiger partial charge in [-0.3, -0.25) is 9.59 Å². The van der Waals surface area contributed by atoms with Gasteiger partial charge in [0, 0.05) is 5.41 Å². The Bertz CT molecular complexity index is 425. The van der Waals surface area contributed by atoms with Crippen molar-refractivity contribution in [1.29, 1.82) is 0 Å². The number of hydrogen-bond acceptors (Lipinski definition) is 4. The van der Waals surface area contributed by atoms with Crippen LogP contribution in [0.1, 0.15) is 40.5 Å². The molecule has 0 radical (unpaired) electrons. The van der Waals surface area contributed by atoms with Crippen molar-refractivity contribution in [3.63, 3.8) is 0 Å². The fourth-order valence-corrected chi connectivity index (χ4v) is 3.12. The Hall–Kier alpha value is -1.24. The maximum atomic E-state index is 12.2. The molecule has 21 heavy (non-hydrogen) atoms. The van der Waals surface area contributed by atoms with Crippen LogP contribution in [-0.2, 0) is 14.4 Å². The van der Waals surface area contributed by atoms with Crippen LogP contribution in [-0.4, -0.2) is 46.0 Å². The molecule has 0 aliphatic carbocycles. The normalized spacial score (nSPS) is 19.4. The second kappa shape index (κ2) is 6.68. The highest BCUT2D eigenvalue weighted by atomic mass is 32.2. The van der Waals surface area contributed by atoms with Crippen LogP contribution in [0.25, 0.3) is 0 Å². The van der Waals surface area contributed by atoms with Gasteiger partial charge in [0.1, 0.15) is 11.6 Å². The minimum atomic E-state index is -1.21. The van der Waals surface area contributed by atoms with Crippen LogP contribution in [0.2, 0.25) is 0 Å². The van der Waals surface area contributed by atoms with Crippen molar-refractivity contribution in [2.45, 2.75) is 52.1 Å². The summed E-state index contributed by atoms with van der Waals surface area (Å²) in [6, 6.07) is -0.762. The molecule has 0 aromatic carbocycles. The van der Waals surface area contributed by atoms with Crippen LogP contribution >= 0.6 is 11.8 Å². The van der Waals surface area contributed by atoms with Gasteiger partial charge in [-0.2, -0.15) is 11.8 Å². The summed E-state index contributed by atoms with van der Waals surface area (Å²) < 4.78 is 0. The Labute approximate surface area is 129 Å². The fraction of sp³-hybridized carbons (Fsp3) is 0.786. The highest BCUT2D eigenvalue weighted by molar-refractivity contribution is 7.99. The Morgan fingerprint density at radius 2 is 1.71 bits per heavy atom. The van der Waals surface area contributed by atoms with E-state index in [2.05, 4.69) is 10.6 Å². The van der Waals surface area contributed by atoms with Crippen molar-refractivity contribution < 1.29 is 19.5 Å². The van der Waals surface area contributed by atoms with Gasteiger partial charge < -0.3 is 15.7 Å². The highest BCUT2D eigenvalue weighted by Crippen LogP contribution is 2.27. The topological polar surface area (TPSA) is 95.5 Å². The molecule has 1 aliphatic rings. The summed E-state index contributed by atoms with van der Waals surface area (Å²) in [4.78, 5) is 35.6. The van der Waals surface area contributed by atoms with E-state index in [-0.39, 0.29) is 5.91 Å². The molecule has 1 saturated heterocycles. The first-order chi connectivity index (χ1) is 9.58. The first kappa shape index (κ1) is 17.8. The van der Waals surface area contributed by atoms with E-state index >= 15 is 0 Å². The molecule has 0 bridgehead atoms. The summed E-state index contributed by atoms with van der Waals surface area (Å²) in [6.45, 7) is 6.82. The van der Waals surface area contributed by atoms with Crippen LogP contribution in [0.4, 0.5) is 0 Å². The van der Waals surface area contributed by atoms with Crippen LogP contribution < -0.4 is 10.6 Å². The molecule has 0 spiro atoms. The van der Waals surface area contributed by atoms with Crippen molar-refractivity contribution in [1.82, 2.24) is 10.6 Å². The number of carbonyl (C=O) groups is 3. The van der Waals surface area contributed by atoms with Gasteiger partial charge in [0.25, 0.3) is 0 Å². The second-order valence-electron chi connectivity index (χ2n) is 6.43. The van der Waals surface area contributed by atoms with Gasteiger partial charge in [-0.25, -0.2) is 4.79 Å². The lowest BCUT2D eigenvalue weighted by atomic mass is 9.91. The molecule has 0 saturated carbocycles. The summed E-state index contributed by atoms with van der Waals surface area (Å²) in [7, 11) is 0. The number of amides is 2. The number of hydrogen-bond donors (Lipinski definition) is 3. The van der Waals surface area contributed by atoms with Gasteiger partial charge in [0.2, 0.25) is 11.8 Å². The predicted octanol–water partition coefficient (Wildman–Crippen LogP) is 1.00. The number of carboxylic acid groups (broad SMARTS) is 1. The zero-order valence-electron chi connectivity index (χ0n) is 13.0. The molecular formula is C14H24N2O4S. The van der Waals surface area contributed by atoms with E-state index in [1.165, 1.54) is 0 Å². The summed E-state index contributed by atoms with van der Waals surface area (Å²) in [5.41, 5.74) is -1.80. The SMILES string of the molecule is CC(NC(=O)C(C)(C)C)C(=O)NC1(C(=O)O)CCSCC1. The van der Waals surface area contributed by atoms with E-state index in [4.69, 9.17) is 0 Å². The van der Waals surface area contributed by atoms with E-state index in [0.717, 1.165) is 0 Å². The molecular weight excluding hydrogens is 292 g/mol. The predicted molar refractivity (Wildman–Crippen MR) is 82.1 cm³/mol. The number of carbonyl (C=O) groups excluding carboxylic acids is 2. The fourth-order valence-electron chi connectivity index (χ4n) is 1.93. The third-order valence-corrected chi connectivity index (χ3v) is 4.53. The summed E-state index contributed by atoms with van der Waals surface area (Å²) >= 11 is 1.68. The molecule has 1 rings (SSSR count). The average Bonchev–Trinajstić information content (AvgIpc) is 2.38. The quantitative estimate of drug-likeness (QED) is 0.719. The molecule has 1 fully saturated rings. The lowest BCUT2D eigenvalue weighted by Gasteiger charge is -2.34. The summed E-state index contributed by atoms with van der Waals surface area (Å²) in [6.07, 6.45) is 0.803. The molecule has 3 N–H and O–H groups in total. The number of rotatable bonds is 4. The minimum Gasteiger partial charge on any atom is -0.480 e. The molecule has 1 atom stereocenters. The molecule has 6 nitrogen and oxygen atoms in total. The van der Waals surface area contributed by atoms with E-state index in [1.807, 2.05) is 0 Å². The number of carboxylic acids is 1. The van der Waals surface area contributed by atoms with Gasteiger partial charge in [0.15, 0.2) is 0 Å². The largest absolute Gasteiger partial charge is 0.480 e. The molecule has 0 aromatic rings. The third kappa shape index (κ3) is 4.62. The molecule has 2 amide bonds. The van der Waals surface area contributed by atoms with Crippen LogP contribution in [0.5, 0.6) is 0 Å². The van der Waals surface area contributed by atoms with Crippen LogP contribution in [0, 0.1) is 5.41 Å². The van der Waals surface area contributed by atoms with Crippen molar-refractivity contribution in [2.24, 2.45) is 5.41 Å². The molecule has 120 valence electrons. The zero-order chi connectivity index (χ0) is 16.3. The Morgan fingerprint density at radius 3 is 2.14 bits per heavy atom. The standard InChI is InChI=1S/C14H24N2O4S/c1-9(15-11(18)13(2,3)4)10(17)16-14(12(19)20)5-7-21-8-6-14/h9H,5-8H2,1-4H3,(H,15,18)(H,16,17)(H,19,20). The molecule has 1 heterocycles. The van der Waals surface area contributed by atoms with E-state index in [9.17, 15) is 19.5 Å². The van der Waals surface area contributed by atoms with Gasteiger partial charge in [-0.15, -0.1) is 0 Å². The van der Waals surface area contributed by atoms with Crippen molar-refractivity contribution in [3.8, 4) is 0 Å². The Balaban J connectivity index is 2.70. The Kier molecular flexibility index (Phi) is 5.67. The van der Waals surface area contributed by atoms with Crippen molar-refractivity contribution >= 4 is 29.5 Å². The highest BCUT2D eigenvalue weighted by Gasteiger charge is 2.42. The van der Waals surface area contributed by atoms with Gasteiger partial charge in [-0.1, -0.05) is 20.8 Å². The van der Waals surface area contributed by atoms with Crippen molar-refractivity contribution in [2.75, 3.05) is 11.5 Å². The first-order valence-electron chi connectivity index (χ1n) is 7.03. The van der Waals surface area contributed by atoms with Gasteiger partial charge >= 0.3 is 5.97 Å². The molecule has 1 aliphatic heterocycles. The number of thioether (sulfide) groups is 1. The summed E-state index contributed by atoms with van der Waals surface area (Å²) in [5, 5.41) is 14.7. The van der Waals surface area contributed by atoms with E-state index < -0.39 is 28.9 Å². The lowest BCUT2D eigenvalue weighted by Crippen LogP contribution is -2.60. The van der Waals surface area contributed by atoms with E-state index in [1.54, 1.807) is 39.5 Å². The zero-order valence-corrected chi connectivity index (χ0v) is 13.8. The molecule has 7 heteroatoms. The third-order valence-electron chi connectivity index (χ3n) is 3.54. The average molecular weight is 316 g/mol. The summed E-state index contributed by atoms with van der Waals surface area (Å²) in [5.74, 6) is -0.300. The lowest BCUT2D eigenvalue weighted by molar-refractivity contribution is -0.148. The molecule has 1 unspecified atom stereocenters. The molecule has 0 aromatic heterocycles. The van der Waals surface area contributed by atoms with Gasteiger partial charge in [-0.05, 0) is 31.3 Å². The monoisotopic (exact) mass is 316 g/mol. The second-order valence-corrected chi connectivity index (χ2v) is 7.66. The minimum absolute atomic E-state index is 0.242. The van der Waals surface area contributed by atoms with E-state index in [0.29, 0.717) is 24.3 Å². The maximum absolute atomic E-state index is 12.2. The number of nitrogens with one attached hydrogen (secondary N) is 2. The van der Waals surface area contributed by atoms with Crippen LogP contribution in [0.3, 0.4) is 0 Å². The van der Waals surface area contributed by atoms with Gasteiger partial charge in [0.05, 0.1) is 0 Å². The smallest absolute Gasteiger partial charge is 0.329 e. The van der Waals surface area contributed by atoms with Crippen LogP contribution in [0.15, 0.2) is 0 Å². The van der Waals surface area contributed by atoms with Crippen molar-refractivity contribution in [3.05, 3.63) is 0 Å². The number of aliphatic carboxylic acids is 1. The Morgan fingerprint density at radius 1 is 1.19 bits per heavy atom.